The van der Waals surface area contributed by atoms with Crippen LogP contribution in [0.1, 0.15) is 30.9 Å². The van der Waals surface area contributed by atoms with Crippen molar-refractivity contribution in [1.29, 1.82) is 0 Å². The minimum atomic E-state index is -0.531. The molecule has 0 saturated carbocycles. The van der Waals surface area contributed by atoms with Crippen molar-refractivity contribution in [3.63, 3.8) is 0 Å². The van der Waals surface area contributed by atoms with E-state index in [0.29, 0.717) is 11.1 Å². The number of aliphatic hydroxyl groups excluding tert-OH is 1. The molecule has 6 nitrogen and oxygen atoms in total. The molecule has 1 saturated heterocycles. The fourth-order valence-corrected chi connectivity index (χ4v) is 4.29. The lowest BCUT2D eigenvalue weighted by Gasteiger charge is -2.46. The molecule has 0 aromatic heterocycles. The molecule has 2 aromatic rings. The summed E-state index contributed by atoms with van der Waals surface area (Å²) >= 11 is 0. The average Bonchev–Trinajstić information content (AvgIpc) is 2.73. The van der Waals surface area contributed by atoms with Crippen LogP contribution in [0.25, 0.3) is 0 Å². The SMILES string of the molecule is CC(C)N1C[C@@H](C(c2cccc(F)c2)c2cccc(F)c2)N2/N=C\COC/C(O)=C\2C1=O. The summed E-state index contributed by atoms with van der Waals surface area (Å²) < 4.78 is 33.8. The highest BCUT2D eigenvalue weighted by Gasteiger charge is 2.44. The van der Waals surface area contributed by atoms with Crippen molar-refractivity contribution in [3.05, 3.63) is 82.7 Å². The molecular weight excluding hydrogens is 416 g/mol. The minimum absolute atomic E-state index is 0.0173. The number of amides is 1. The summed E-state index contributed by atoms with van der Waals surface area (Å²) in [5.41, 5.74) is 1.25. The van der Waals surface area contributed by atoms with Crippen molar-refractivity contribution < 1.29 is 23.4 Å². The molecule has 0 unspecified atom stereocenters. The summed E-state index contributed by atoms with van der Waals surface area (Å²) in [6.45, 7) is 4.04. The van der Waals surface area contributed by atoms with Crippen LogP contribution >= 0.6 is 0 Å². The first-order valence-electron chi connectivity index (χ1n) is 10.5. The predicted octanol–water partition coefficient (Wildman–Crippen LogP) is 3.80. The van der Waals surface area contributed by atoms with Crippen LogP contribution in [0.15, 0.2) is 65.1 Å². The zero-order valence-electron chi connectivity index (χ0n) is 17.9. The smallest absolute Gasteiger partial charge is 0.275 e. The second-order valence-corrected chi connectivity index (χ2v) is 8.16. The molecule has 0 radical (unpaired) electrons. The van der Waals surface area contributed by atoms with Gasteiger partial charge in [-0.05, 0) is 49.2 Å². The molecule has 4 rings (SSSR count). The molecule has 1 fully saturated rings. The Balaban J connectivity index is 1.92. The van der Waals surface area contributed by atoms with Crippen LogP contribution in [0.4, 0.5) is 8.78 Å². The van der Waals surface area contributed by atoms with Crippen LogP contribution in [0, 0.1) is 11.6 Å². The van der Waals surface area contributed by atoms with Gasteiger partial charge in [0.1, 0.15) is 24.0 Å². The van der Waals surface area contributed by atoms with Crippen LogP contribution in [0.5, 0.6) is 0 Å². The summed E-state index contributed by atoms with van der Waals surface area (Å²) in [5, 5.41) is 16.6. The summed E-state index contributed by atoms with van der Waals surface area (Å²) in [6, 6.07) is 11.6. The Hall–Kier alpha value is -3.26. The monoisotopic (exact) mass is 441 g/mol. The zero-order chi connectivity index (χ0) is 22.8. The molecule has 0 spiro atoms. The van der Waals surface area contributed by atoms with Gasteiger partial charge in [0, 0.05) is 18.5 Å². The van der Waals surface area contributed by atoms with Crippen molar-refractivity contribution in [2.45, 2.75) is 31.8 Å². The fourth-order valence-electron chi connectivity index (χ4n) is 4.29. The Morgan fingerprint density at radius 1 is 1.09 bits per heavy atom. The van der Waals surface area contributed by atoms with E-state index in [1.165, 1.54) is 35.5 Å². The number of aliphatic hydroxyl groups is 1. The van der Waals surface area contributed by atoms with Crippen molar-refractivity contribution >= 4 is 12.1 Å². The number of rotatable bonds is 4. The average molecular weight is 441 g/mol. The van der Waals surface area contributed by atoms with Crippen molar-refractivity contribution in [3.8, 4) is 0 Å². The summed E-state index contributed by atoms with van der Waals surface area (Å²) in [7, 11) is 0. The first-order valence-corrected chi connectivity index (χ1v) is 10.5. The molecule has 1 amide bonds. The number of benzene rings is 2. The molecule has 1 N–H and O–H groups in total. The largest absolute Gasteiger partial charge is 0.507 e. The van der Waals surface area contributed by atoms with E-state index in [1.807, 2.05) is 13.8 Å². The number of nitrogens with zero attached hydrogens (tertiary/aromatic N) is 3. The third-order valence-corrected chi connectivity index (χ3v) is 5.72. The van der Waals surface area contributed by atoms with E-state index >= 15 is 0 Å². The molecule has 2 aliphatic heterocycles. The number of piperazine rings is 1. The Morgan fingerprint density at radius 2 is 1.72 bits per heavy atom. The zero-order valence-corrected chi connectivity index (χ0v) is 17.9. The van der Waals surface area contributed by atoms with E-state index in [2.05, 4.69) is 5.10 Å². The van der Waals surface area contributed by atoms with E-state index in [0.717, 1.165) is 0 Å². The summed E-state index contributed by atoms with van der Waals surface area (Å²) in [4.78, 5) is 14.9. The number of halogens is 2. The fraction of sp³-hybridized carbons (Fsp3) is 0.333. The Labute approximate surface area is 185 Å². The van der Waals surface area contributed by atoms with Gasteiger partial charge >= 0.3 is 0 Å². The number of ether oxygens (including phenoxy) is 1. The normalized spacial score (nSPS) is 22.7. The third-order valence-electron chi connectivity index (χ3n) is 5.72. The molecule has 2 aliphatic rings. The van der Waals surface area contributed by atoms with Gasteiger partial charge in [-0.3, -0.25) is 9.80 Å². The van der Waals surface area contributed by atoms with Crippen LogP contribution in [-0.2, 0) is 9.53 Å². The predicted molar refractivity (Wildman–Crippen MR) is 116 cm³/mol. The van der Waals surface area contributed by atoms with Gasteiger partial charge in [0.05, 0.1) is 18.9 Å². The second-order valence-electron chi connectivity index (χ2n) is 8.16. The summed E-state index contributed by atoms with van der Waals surface area (Å²) in [5.74, 6) is -1.96. The van der Waals surface area contributed by atoms with Gasteiger partial charge in [-0.25, -0.2) is 8.78 Å². The Morgan fingerprint density at radius 3 is 2.28 bits per heavy atom. The lowest BCUT2D eigenvalue weighted by atomic mass is 9.83. The van der Waals surface area contributed by atoms with Crippen LogP contribution in [0.3, 0.4) is 0 Å². The Kier molecular flexibility index (Phi) is 6.23. The van der Waals surface area contributed by atoms with Gasteiger partial charge < -0.3 is 14.7 Å². The van der Waals surface area contributed by atoms with Crippen LogP contribution in [-0.4, -0.2) is 59.0 Å². The van der Waals surface area contributed by atoms with Crippen LogP contribution < -0.4 is 0 Å². The van der Waals surface area contributed by atoms with Crippen molar-refractivity contribution in [2.24, 2.45) is 5.10 Å². The number of fused-ring (bicyclic) bond motifs is 1. The summed E-state index contributed by atoms with van der Waals surface area (Å²) in [6.07, 6.45) is 1.52. The minimum Gasteiger partial charge on any atom is -0.507 e. The van der Waals surface area contributed by atoms with Gasteiger partial charge in [-0.15, -0.1) is 0 Å². The number of carbonyl (C=O) groups excluding carboxylic acids is 1. The molecular formula is C24H25F2N3O3. The number of carbonyl (C=O) groups is 1. The Bertz CT molecular complexity index is 1020. The highest BCUT2D eigenvalue weighted by Crippen LogP contribution is 2.38. The first-order chi connectivity index (χ1) is 15.4. The molecule has 8 heteroatoms. The van der Waals surface area contributed by atoms with Crippen molar-refractivity contribution in [2.75, 3.05) is 19.8 Å². The van der Waals surface area contributed by atoms with Gasteiger partial charge in [0.15, 0.2) is 5.70 Å². The van der Waals surface area contributed by atoms with E-state index in [-0.39, 0.29) is 43.2 Å². The topological polar surface area (TPSA) is 65.4 Å². The lowest BCUT2D eigenvalue weighted by Crippen LogP contribution is -2.57. The molecule has 2 aromatic carbocycles. The molecule has 1 atom stereocenters. The number of hydrogen-bond acceptors (Lipinski definition) is 5. The van der Waals surface area contributed by atoms with E-state index < -0.39 is 23.6 Å². The molecule has 0 bridgehead atoms. The number of hydrogen-bond donors (Lipinski definition) is 1. The van der Waals surface area contributed by atoms with Gasteiger partial charge in [0.2, 0.25) is 0 Å². The maximum atomic E-state index is 14.2. The third kappa shape index (κ3) is 4.23. The van der Waals surface area contributed by atoms with Crippen LogP contribution in [0.2, 0.25) is 0 Å². The van der Waals surface area contributed by atoms with Gasteiger partial charge in [-0.1, -0.05) is 24.3 Å². The standard InChI is InChI=1S/C24H25F2N3O3/c1-15(2)28-13-20(29-23(24(28)31)21(30)14-32-10-9-27-29)22(16-5-3-7-18(25)11-16)17-6-4-8-19(26)12-17/h3-9,11-12,15,20,22,30H,10,13-14H2,1-2H3/b23-21+,27-9-/t20-/m0/s1. The lowest BCUT2D eigenvalue weighted by molar-refractivity contribution is -0.136. The van der Waals surface area contributed by atoms with E-state index in [9.17, 15) is 18.7 Å². The van der Waals surface area contributed by atoms with Gasteiger partial charge in [-0.2, -0.15) is 5.10 Å². The van der Waals surface area contributed by atoms with Gasteiger partial charge in [0.25, 0.3) is 5.91 Å². The highest BCUT2D eigenvalue weighted by atomic mass is 19.1. The molecule has 168 valence electrons. The molecule has 32 heavy (non-hydrogen) atoms. The number of hydrazone groups is 1. The maximum absolute atomic E-state index is 14.2. The quantitative estimate of drug-likeness (QED) is 0.784. The van der Waals surface area contributed by atoms with Crippen molar-refractivity contribution in [1.82, 2.24) is 9.91 Å². The maximum Gasteiger partial charge on any atom is 0.275 e. The van der Waals surface area contributed by atoms with E-state index in [4.69, 9.17) is 4.74 Å². The highest BCUT2D eigenvalue weighted by molar-refractivity contribution is 5.94. The first kappa shape index (κ1) is 22.0. The molecule has 2 heterocycles. The molecule has 0 aliphatic carbocycles. The van der Waals surface area contributed by atoms with E-state index in [1.54, 1.807) is 29.2 Å². The second kappa shape index (κ2) is 9.08.